The van der Waals surface area contributed by atoms with E-state index in [2.05, 4.69) is 6.58 Å². The lowest BCUT2D eigenvalue weighted by Crippen LogP contribution is -2.50. The molecule has 2 atom stereocenters. The molecular formula is C10H11NO3S. The number of carbonyl (C=O) groups is 2. The van der Waals surface area contributed by atoms with Gasteiger partial charge in [-0.25, -0.2) is 0 Å². The second-order valence-corrected chi connectivity index (χ2v) is 4.60. The number of nitrogens with zero attached hydrogens (tertiary/aromatic N) is 1. The molecule has 1 saturated heterocycles. The molecule has 0 aromatic rings. The van der Waals surface area contributed by atoms with Crippen LogP contribution in [0.2, 0.25) is 0 Å². The first-order valence-electron chi connectivity index (χ1n) is 4.65. The summed E-state index contributed by atoms with van der Waals surface area (Å²) in [6, 6.07) is 0. The average Bonchev–Trinajstić information content (AvgIpc) is 2.23. The van der Waals surface area contributed by atoms with Crippen LogP contribution in [0, 0.1) is 0 Å². The van der Waals surface area contributed by atoms with Crippen LogP contribution >= 0.6 is 11.8 Å². The van der Waals surface area contributed by atoms with Gasteiger partial charge in [0, 0.05) is 6.20 Å². The van der Waals surface area contributed by atoms with Crippen molar-refractivity contribution in [2.45, 2.75) is 17.0 Å². The maximum absolute atomic E-state index is 11.5. The molecule has 0 aliphatic carbocycles. The van der Waals surface area contributed by atoms with Crippen LogP contribution in [0.4, 0.5) is 0 Å². The maximum Gasteiger partial charge on any atom is 0.323 e. The van der Waals surface area contributed by atoms with E-state index in [1.54, 1.807) is 17.2 Å². The highest BCUT2D eigenvalue weighted by molar-refractivity contribution is 8.01. The molecule has 1 amide bonds. The van der Waals surface area contributed by atoms with E-state index >= 15 is 0 Å². The Balaban J connectivity index is 1.93. The standard InChI is InChI=1S/C10H11NO3S/c1-2-5-14-10(13)7-3-4-11-8(12)6-9(11)15-7/h2-4,7,9H,1,5-6H2/t7?,9-/m1/s1. The van der Waals surface area contributed by atoms with Crippen LogP contribution in [0.5, 0.6) is 0 Å². The molecule has 1 fully saturated rings. The first kappa shape index (κ1) is 10.3. The molecule has 0 bridgehead atoms. The van der Waals surface area contributed by atoms with Crippen molar-refractivity contribution in [1.29, 1.82) is 0 Å². The molecule has 0 saturated carbocycles. The summed E-state index contributed by atoms with van der Waals surface area (Å²) in [6.45, 7) is 3.70. The van der Waals surface area contributed by atoms with Crippen LogP contribution in [0.3, 0.4) is 0 Å². The van der Waals surface area contributed by atoms with Gasteiger partial charge in [0.1, 0.15) is 11.9 Å². The normalized spacial score (nSPS) is 28.0. The minimum Gasteiger partial charge on any atom is -0.460 e. The molecular weight excluding hydrogens is 214 g/mol. The predicted octanol–water partition coefficient (Wildman–Crippen LogP) is 0.903. The lowest BCUT2D eigenvalue weighted by Gasteiger charge is -2.41. The van der Waals surface area contributed by atoms with Crippen LogP contribution < -0.4 is 0 Å². The largest absolute Gasteiger partial charge is 0.460 e. The highest BCUT2D eigenvalue weighted by Crippen LogP contribution is 2.37. The van der Waals surface area contributed by atoms with Crippen LogP contribution in [0.1, 0.15) is 6.42 Å². The number of amides is 1. The number of hydrogen-bond acceptors (Lipinski definition) is 4. The van der Waals surface area contributed by atoms with Gasteiger partial charge in [-0.05, 0) is 6.08 Å². The number of carbonyl (C=O) groups excluding carboxylic acids is 2. The van der Waals surface area contributed by atoms with Gasteiger partial charge in [-0.1, -0.05) is 12.7 Å². The van der Waals surface area contributed by atoms with Gasteiger partial charge >= 0.3 is 5.97 Å². The lowest BCUT2D eigenvalue weighted by atomic mass is 10.2. The van der Waals surface area contributed by atoms with Crippen LogP contribution in [0.15, 0.2) is 24.9 Å². The van der Waals surface area contributed by atoms with Crippen LogP contribution in [0.25, 0.3) is 0 Å². The zero-order valence-electron chi connectivity index (χ0n) is 8.09. The summed E-state index contributed by atoms with van der Waals surface area (Å²) in [4.78, 5) is 24.2. The van der Waals surface area contributed by atoms with E-state index in [-0.39, 0.29) is 29.1 Å². The highest BCUT2D eigenvalue weighted by atomic mass is 32.2. The number of β-lactam (4-membered cyclic amide) rings is 1. The monoisotopic (exact) mass is 225 g/mol. The van der Waals surface area contributed by atoms with E-state index in [1.165, 1.54) is 17.8 Å². The van der Waals surface area contributed by atoms with Crippen molar-refractivity contribution < 1.29 is 14.3 Å². The highest BCUT2D eigenvalue weighted by Gasteiger charge is 2.40. The minimum absolute atomic E-state index is 0.113. The Bertz CT molecular complexity index is 340. The smallest absolute Gasteiger partial charge is 0.323 e. The molecule has 0 aromatic heterocycles. The van der Waals surface area contributed by atoms with Crippen molar-refractivity contribution in [3.8, 4) is 0 Å². The fourth-order valence-electron chi connectivity index (χ4n) is 1.44. The maximum atomic E-state index is 11.5. The van der Waals surface area contributed by atoms with Gasteiger partial charge in [0.15, 0.2) is 0 Å². The van der Waals surface area contributed by atoms with Crippen molar-refractivity contribution in [2.24, 2.45) is 0 Å². The molecule has 80 valence electrons. The summed E-state index contributed by atoms with van der Waals surface area (Å²) in [6.07, 6.45) is 5.42. The third kappa shape index (κ3) is 1.92. The second-order valence-electron chi connectivity index (χ2n) is 3.28. The van der Waals surface area contributed by atoms with E-state index < -0.39 is 0 Å². The van der Waals surface area contributed by atoms with E-state index in [1.807, 2.05) is 0 Å². The molecule has 2 rings (SSSR count). The number of fused-ring (bicyclic) bond motifs is 1. The van der Waals surface area contributed by atoms with Crippen molar-refractivity contribution in [3.63, 3.8) is 0 Å². The quantitative estimate of drug-likeness (QED) is 0.407. The van der Waals surface area contributed by atoms with Crippen molar-refractivity contribution >= 4 is 23.6 Å². The minimum atomic E-state index is -0.292. The topological polar surface area (TPSA) is 46.6 Å². The van der Waals surface area contributed by atoms with E-state index in [9.17, 15) is 9.59 Å². The number of rotatable bonds is 3. The average molecular weight is 225 g/mol. The van der Waals surface area contributed by atoms with Gasteiger partial charge in [0.05, 0.1) is 11.8 Å². The van der Waals surface area contributed by atoms with Gasteiger partial charge in [-0.3, -0.25) is 9.59 Å². The molecule has 4 nitrogen and oxygen atoms in total. The summed E-state index contributed by atoms with van der Waals surface area (Å²) in [5, 5.41) is -0.178. The Morgan fingerprint density at radius 3 is 3.20 bits per heavy atom. The van der Waals surface area contributed by atoms with Gasteiger partial charge in [0.25, 0.3) is 0 Å². The molecule has 0 N–H and O–H groups in total. The Labute approximate surface area is 92.0 Å². The fraction of sp³-hybridized carbons (Fsp3) is 0.400. The SMILES string of the molecule is C=CCOC(=O)C1C=CN2C(=O)C[C@H]2S1. The number of thioether (sulfide) groups is 1. The molecule has 2 heterocycles. The first-order chi connectivity index (χ1) is 7.22. The molecule has 5 heteroatoms. The third-order valence-electron chi connectivity index (χ3n) is 2.25. The zero-order valence-corrected chi connectivity index (χ0v) is 8.90. The molecule has 2 aliphatic heterocycles. The number of ether oxygens (including phenoxy) is 1. The third-order valence-corrected chi connectivity index (χ3v) is 3.60. The van der Waals surface area contributed by atoms with Crippen molar-refractivity contribution in [2.75, 3.05) is 6.61 Å². The Hall–Kier alpha value is -1.23. The fourth-order valence-corrected chi connectivity index (χ4v) is 2.67. The summed E-state index contributed by atoms with van der Waals surface area (Å²) >= 11 is 1.45. The van der Waals surface area contributed by atoms with Crippen molar-refractivity contribution in [3.05, 3.63) is 24.9 Å². The summed E-state index contributed by atoms with van der Waals surface area (Å²) < 4.78 is 4.93. The summed E-state index contributed by atoms with van der Waals surface area (Å²) in [5.41, 5.74) is 0. The molecule has 15 heavy (non-hydrogen) atoms. The van der Waals surface area contributed by atoms with Gasteiger partial charge in [-0.2, -0.15) is 0 Å². The number of esters is 1. The van der Waals surface area contributed by atoms with Gasteiger partial charge in [-0.15, -0.1) is 11.8 Å². The second kappa shape index (κ2) is 4.10. The Kier molecular flexibility index (Phi) is 2.81. The van der Waals surface area contributed by atoms with E-state index in [4.69, 9.17) is 4.74 Å². The molecule has 0 radical (unpaired) electrons. The molecule has 2 aliphatic rings. The van der Waals surface area contributed by atoms with E-state index in [0.29, 0.717) is 6.42 Å². The van der Waals surface area contributed by atoms with Crippen molar-refractivity contribution in [1.82, 2.24) is 4.90 Å². The Morgan fingerprint density at radius 2 is 2.60 bits per heavy atom. The molecule has 0 spiro atoms. The lowest BCUT2D eigenvalue weighted by molar-refractivity contribution is -0.142. The zero-order chi connectivity index (χ0) is 10.8. The Morgan fingerprint density at radius 1 is 1.80 bits per heavy atom. The summed E-state index contributed by atoms with van der Waals surface area (Å²) in [5.74, 6) is -0.156. The van der Waals surface area contributed by atoms with Gasteiger partial charge < -0.3 is 9.64 Å². The van der Waals surface area contributed by atoms with E-state index in [0.717, 1.165) is 0 Å². The predicted molar refractivity (Wildman–Crippen MR) is 56.9 cm³/mol. The first-order valence-corrected chi connectivity index (χ1v) is 5.59. The van der Waals surface area contributed by atoms with Gasteiger partial charge in [0.2, 0.25) is 5.91 Å². The number of hydrogen-bond donors (Lipinski definition) is 0. The van der Waals surface area contributed by atoms with Crippen LogP contribution in [-0.4, -0.2) is 34.0 Å². The summed E-state index contributed by atoms with van der Waals surface area (Å²) in [7, 11) is 0. The molecule has 1 unspecified atom stereocenters. The molecule has 0 aromatic carbocycles. The van der Waals surface area contributed by atoms with Crippen LogP contribution in [-0.2, 0) is 14.3 Å².